The maximum absolute atomic E-state index is 12.4. The Balaban J connectivity index is 1.71. The van der Waals surface area contributed by atoms with E-state index in [-0.39, 0.29) is 16.4 Å². The molecule has 0 bridgehead atoms. The molecule has 3 rings (SSSR count). The average molecular weight is 375 g/mol. The summed E-state index contributed by atoms with van der Waals surface area (Å²) in [5.74, 6) is -0.364. The zero-order valence-corrected chi connectivity index (χ0v) is 15.3. The third-order valence-electron chi connectivity index (χ3n) is 4.18. The van der Waals surface area contributed by atoms with Crippen molar-refractivity contribution in [2.45, 2.75) is 4.90 Å². The van der Waals surface area contributed by atoms with E-state index in [1.54, 1.807) is 12.1 Å². The molecular weight excluding hydrogens is 354 g/mol. The maximum atomic E-state index is 12.4. The molecular formula is C18H21N3O4S. The van der Waals surface area contributed by atoms with Crippen molar-refractivity contribution in [3.05, 3.63) is 54.1 Å². The molecule has 1 amide bonds. The van der Waals surface area contributed by atoms with Crippen molar-refractivity contribution < 1.29 is 17.9 Å². The molecule has 8 heteroatoms. The van der Waals surface area contributed by atoms with Gasteiger partial charge in [-0.1, -0.05) is 6.07 Å². The number of carbonyl (C=O) groups is 1. The van der Waals surface area contributed by atoms with Gasteiger partial charge in [0.2, 0.25) is 10.0 Å². The molecule has 0 atom stereocenters. The highest BCUT2D eigenvalue weighted by Crippen LogP contribution is 2.20. The Morgan fingerprint density at radius 1 is 1.08 bits per heavy atom. The van der Waals surface area contributed by atoms with E-state index in [4.69, 9.17) is 4.74 Å². The van der Waals surface area contributed by atoms with Crippen LogP contribution in [0.25, 0.3) is 0 Å². The van der Waals surface area contributed by atoms with E-state index in [2.05, 4.69) is 14.9 Å². The lowest BCUT2D eigenvalue weighted by atomic mass is 10.2. The zero-order chi connectivity index (χ0) is 18.6. The lowest BCUT2D eigenvalue weighted by molar-refractivity contribution is 0.102. The van der Waals surface area contributed by atoms with E-state index in [1.165, 1.54) is 19.2 Å². The molecule has 1 saturated heterocycles. The van der Waals surface area contributed by atoms with Crippen LogP contribution in [0.4, 0.5) is 11.4 Å². The number of hydrogen-bond donors (Lipinski definition) is 2. The summed E-state index contributed by atoms with van der Waals surface area (Å²) >= 11 is 0. The van der Waals surface area contributed by atoms with E-state index >= 15 is 0 Å². The number of benzene rings is 2. The molecule has 0 spiro atoms. The number of rotatable bonds is 5. The fourth-order valence-corrected chi connectivity index (χ4v) is 3.48. The Morgan fingerprint density at radius 3 is 2.42 bits per heavy atom. The van der Waals surface area contributed by atoms with Gasteiger partial charge in [0.1, 0.15) is 0 Å². The van der Waals surface area contributed by atoms with Gasteiger partial charge in [-0.25, -0.2) is 13.1 Å². The first-order valence-electron chi connectivity index (χ1n) is 8.27. The largest absolute Gasteiger partial charge is 0.378 e. The number of nitrogens with one attached hydrogen (secondary N) is 2. The number of sulfonamides is 1. The first-order chi connectivity index (χ1) is 12.5. The molecule has 0 radical (unpaired) electrons. The summed E-state index contributed by atoms with van der Waals surface area (Å²) in [4.78, 5) is 14.7. The molecule has 0 saturated carbocycles. The summed E-state index contributed by atoms with van der Waals surface area (Å²) in [6.07, 6.45) is 0. The minimum atomic E-state index is -3.59. The summed E-state index contributed by atoms with van der Waals surface area (Å²) < 4.78 is 31.3. The summed E-state index contributed by atoms with van der Waals surface area (Å²) in [6, 6.07) is 13.5. The summed E-state index contributed by atoms with van der Waals surface area (Å²) in [5, 5.41) is 2.79. The van der Waals surface area contributed by atoms with Gasteiger partial charge < -0.3 is 15.0 Å². The number of nitrogens with zero attached hydrogens (tertiary/aromatic N) is 1. The Hall–Kier alpha value is -2.42. The van der Waals surface area contributed by atoms with Crippen molar-refractivity contribution in [1.29, 1.82) is 0 Å². The fraction of sp³-hybridized carbons (Fsp3) is 0.278. The molecule has 2 aromatic rings. The van der Waals surface area contributed by atoms with Crippen LogP contribution >= 0.6 is 0 Å². The molecule has 0 aromatic heterocycles. The average Bonchev–Trinajstić information content (AvgIpc) is 2.69. The van der Waals surface area contributed by atoms with Crippen LogP contribution in [0.5, 0.6) is 0 Å². The summed E-state index contributed by atoms with van der Waals surface area (Å²) in [5.41, 5.74) is 2.00. The predicted molar refractivity (Wildman–Crippen MR) is 100 cm³/mol. The van der Waals surface area contributed by atoms with Crippen LogP contribution in [-0.2, 0) is 14.8 Å². The number of ether oxygens (including phenoxy) is 1. The van der Waals surface area contributed by atoms with Crippen LogP contribution in [0.15, 0.2) is 53.4 Å². The minimum absolute atomic E-state index is 0.0512. The van der Waals surface area contributed by atoms with E-state index in [0.29, 0.717) is 18.9 Å². The van der Waals surface area contributed by atoms with Gasteiger partial charge in [-0.2, -0.15) is 0 Å². The van der Waals surface area contributed by atoms with E-state index in [0.717, 1.165) is 18.8 Å². The Kier molecular flexibility index (Phi) is 5.55. The van der Waals surface area contributed by atoms with Crippen molar-refractivity contribution in [2.24, 2.45) is 0 Å². The van der Waals surface area contributed by atoms with Crippen molar-refractivity contribution in [2.75, 3.05) is 43.6 Å². The highest BCUT2D eigenvalue weighted by molar-refractivity contribution is 7.89. The van der Waals surface area contributed by atoms with Crippen LogP contribution in [0.1, 0.15) is 10.4 Å². The third kappa shape index (κ3) is 4.21. The van der Waals surface area contributed by atoms with Gasteiger partial charge >= 0.3 is 0 Å². The molecule has 1 fully saturated rings. The van der Waals surface area contributed by atoms with Gasteiger partial charge in [-0.05, 0) is 49.5 Å². The van der Waals surface area contributed by atoms with Crippen LogP contribution in [0.3, 0.4) is 0 Å². The number of carbonyl (C=O) groups excluding carboxylic acids is 1. The van der Waals surface area contributed by atoms with Crippen LogP contribution in [-0.4, -0.2) is 47.7 Å². The molecule has 26 heavy (non-hydrogen) atoms. The second kappa shape index (κ2) is 7.86. The second-order valence-corrected chi connectivity index (χ2v) is 7.72. The molecule has 7 nitrogen and oxygen atoms in total. The zero-order valence-electron chi connectivity index (χ0n) is 14.4. The van der Waals surface area contributed by atoms with E-state index in [1.807, 2.05) is 24.3 Å². The first kappa shape index (κ1) is 18.4. The van der Waals surface area contributed by atoms with Crippen LogP contribution < -0.4 is 14.9 Å². The van der Waals surface area contributed by atoms with Crippen molar-refractivity contribution >= 4 is 27.3 Å². The number of amides is 1. The Morgan fingerprint density at radius 2 is 1.77 bits per heavy atom. The quantitative estimate of drug-likeness (QED) is 0.830. The molecule has 2 N–H and O–H groups in total. The van der Waals surface area contributed by atoms with Gasteiger partial charge in [-0.15, -0.1) is 0 Å². The summed E-state index contributed by atoms with van der Waals surface area (Å²) in [6.45, 7) is 3.12. The smallest absolute Gasteiger partial charge is 0.255 e. The first-order valence-corrected chi connectivity index (χ1v) is 9.76. The van der Waals surface area contributed by atoms with E-state index < -0.39 is 10.0 Å². The molecule has 138 valence electrons. The minimum Gasteiger partial charge on any atom is -0.378 e. The SMILES string of the molecule is CNS(=O)(=O)c1cccc(C(=O)Nc2ccc(N3CCOCC3)cc2)c1. The topological polar surface area (TPSA) is 87.7 Å². The lowest BCUT2D eigenvalue weighted by Gasteiger charge is -2.28. The van der Waals surface area contributed by atoms with Gasteiger partial charge in [-0.3, -0.25) is 4.79 Å². The van der Waals surface area contributed by atoms with E-state index in [9.17, 15) is 13.2 Å². The number of morpholine rings is 1. The van der Waals surface area contributed by atoms with Gasteiger partial charge in [0.05, 0.1) is 18.1 Å². The Labute approximate surface area is 153 Å². The molecule has 0 aliphatic carbocycles. The van der Waals surface area contributed by atoms with Gasteiger partial charge in [0.15, 0.2) is 0 Å². The molecule has 1 aliphatic heterocycles. The third-order valence-corrected chi connectivity index (χ3v) is 5.59. The molecule has 1 heterocycles. The highest BCUT2D eigenvalue weighted by Gasteiger charge is 2.15. The molecule has 0 unspecified atom stereocenters. The van der Waals surface area contributed by atoms with Crippen LogP contribution in [0, 0.1) is 0 Å². The second-order valence-electron chi connectivity index (χ2n) is 5.84. The van der Waals surface area contributed by atoms with Crippen molar-refractivity contribution in [1.82, 2.24) is 4.72 Å². The van der Waals surface area contributed by atoms with Gasteiger partial charge in [0, 0.05) is 30.0 Å². The highest BCUT2D eigenvalue weighted by atomic mass is 32.2. The number of anilines is 2. The van der Waals surface area contributed by atoms with Crippen molar-refractivity contribution in [3.63, 3.8) is 0 Å². The number of hydrogen-bond acceptors (Lipinski definition) is 5. The van der Waals surface area contributed by atoms with Crippen molar-refractivity contribution in [3.8, 4) is 0 Å². The summed E-state index contributed by atoms with van der Waals surface area (Å²) in [7, 11) is -2.26. The maximum Gasteiger partial charge on any atom is 0.255 e. The van der Waals surface area contributed by atoms with Gasteiger partial charge in [0.25, 0.3) is 5.91 Å². The molecule has 2 aromatic carbocycles. The fourth-order valence-electron chi connectivity index (χ4n) is 2.70. The van der Waals surface area contributed by atoms with Crippen LogP contribution in [0.2, 0.25) is 0 Å². The molecule has 1 aliphatic rings. The standard InChI is InChI=1S/C18H21N3O4S/c1-19-26(23,24)17-4-2-3-14(13-17)18(22)20-15-5-7-16(8-6-15)21-9-11-25-12-10-21/h2-8,13,19H,9-12H2,1H3,(H,20,22). The predicted octanol–water partition coefficient (Wildman–Crippen LogP) is 1.68. The monoisotopic (exact) mass is 375 g/mol. The Bertz CT molecular complexity index is 876. The lowest BCUT2D eigenvalue weighted by Crippen LogP contribution is -2.36. The normalized spacial score (nSPS) is 14.9.